The Morgan fingerprint density at radius 1 is 1.33 bits per heavy atom. The van der Waals surface area contributed by atoms with Crippen molar-refractivity contribution >= 4 is 0 Å². The zero-order valence-electron chi connectivity index (χ0n) is 12.5. The van der Waals surface area contributed by atoms with Crippen LogP contribution in [-0.4, -0.2) is 49.8 Å². The summed E-state index contributed by atoms with van der Waals surface area (Å²) in [7, 11) is 0. The second kappa shape index (κ2) is 5.89. The Kier molecular flexibility index (Phi) is 4.68. The lowest BCUT2D eigenvalue weighted by molar-refractivity contribution is 0.0891. The molecule has 3 heteroatoms. The van der Waals surface area contributed by atoms with Gasteiger partial charge in [0.2, 0.25) is 0 Å². The number of ether oxygens (including phenoxy) is 1. The quantitative estimate of drug-likeness (QED) is 0.817. The first-order valence-electron chi connectivity index (χ1n) is 7.54. The summed E-state index contributed by atoms with van der Waals surface area (Å²) >= 11 is 0. The normalized spacial score (nSPS) is 35.7. The molecule has 0 spiro atoms. The van der Waals surface area contributed by atoms with Gasteiger partial charge in [-0.1, -0.05) is 20.8 Å². The van der Waals surface area contributed by atoms with Crippen molar-refractivity contribution in [1.29, 1.82) is 0 Å². The van der Waals surface area contributed by atoms with Gasteiger partial charge < -0.3 is 15.0 Å². The molecule has 0 radical (unpaired) electrons. The molecule has 2 aliphatic heterocycles. The van der Waals surface area contributed by atoms with Crippen LogP contribution in [0.1, 0.15) is 40.5 Å². The molecule has 0 bridgehead atoms. The molecule has 0 aromatic heterocycles. The summed E-state index contributed by atoms with van der Waals surface area (Å²) in [6.45, 7) is 15.0. The van der Waals surface area contributed by atoms with Crippen LogP contribution in [0.5, 0.6) is 0 Å². The fourth-order valence-electron chi connectivity index (χ4n) is 3.09. The molecule has 0 amide bonds. The second-order valence-corrected chi connectivity index (χ2v) is 7.11. The number of nitrogens with zero attached hydrogens (tertiary/aromatic N) is 1. The van der Waals surface area contributed by atoms with Gasteiger partial charge in [0.25, 0.3) is 0 Å². The van der Waals surface area contributed by atoms with Gasteiger partial charge in [0, 0.05) is 25.7 Å². The van der Waals surface area contributed by atoms with Crippen molar-refractivity contribution in [3.05, 3.63) is 0 Å². The predicted octanol–water partition coefficient (Wildman–Crippen LogP) is 2.12. The highest BCUT2D eigenvalue weighted by molar-refractivity contribution is 4.87. The third kappa shape index (κ3) is 3.69. The lowest BCUT2D eigenvalue weighted by Gasteiger charge is -2.34. The molecule has 2 heterocycles. The maximum absolute atomic E-state index is 5.69. The van der Waals surface area contributed by atoms with Gasteiger partial charge in [-0.3, -0.25) is 0 Å². The van der Waals surface area contributed by atoms with Gasteiger partial charge in [0.05, 0.1) is 6.10 Å². The standard InChI is InChI=1S/C15H30N2O/c1-12-13(6-9-18-12)10-17-8-5-7-16-14(11-17)15(2,3)4/h12-14,16H,5-11H2,1-4H3. The SMILES string of the molecule is CC1OCCC1CN1CCCNC(C(C)(C)C)C1. The molecule has 0 aliphatic carbocycles. The van der Waals surface area contributed by atoms with Gasteiger partial charge in [0.1, 0.15) is 0 Å². The Labute approximate surface area is 112 Å². The van der Waals surface area contributed by atoms with E-state index in [1.54, 1.807) is 0 Å². The van der Waals surface area contributed by atoms with Crippen LogP contribution >= 0.6 is 0 Å². The van der Waals surface area contributed by atoms with Crippen molar-refractivity contribution < 1.29 is 4.74 Å². The van der Waals surface area contributed by atoms with Crippen LogP contribution in [0.4, 0.5) is 0 Å². The van der Waals surface area contributed by atoms with Crippen LogP contribution in [0, 0.1) is 11.3 Å². The molecule has 106 valence electrons. The van der Waals surface area contributed by atoms with E-state index in [-0.39, 0.29) is 0 Å². The van der Waals surface area contributed by atoms with Crippen LogP contribution in [-0.2, 0) is 4.74 Å². The molecule has 3 nitrogen and oxygen atoms in total. The molecular weight excluding hydrogens is 224 g/mol. The Morgan fingerprint density at radius 3 is 2.72 bits per heavy atom. The largest absolute Gasteiger partial charge is 0.378 e. The second-order valence-electron chi connectivity index (χ2n) is 7.11. The highest BCUT2D eigenvalue weighted by Crippen LogP contribution is 2.25. The van der Waals surface area contributed by atoms with E-state index >= 15 is 0 Å². The molecule has 2 saturated heterocycles. The van der Waals surface area contributed by atoms with E-state index < -0.39 is 0 Å². The monoisotopic (exact) mass is 254 g/mol. The minimum atomic E-state index is 0.348. The van der Waals surface area contributed by atoms with E-state index in [4.69, 9.17) is 4.74 Å². The highest BCUT2D eigenvalue weighted by Gasteiger charge is 2.31. The number of hydrogen-bond donors (Lipinski definition) is 1. The lowest BCUT2D eigenvalue weighted by Crippen LogP contribution is -2.47. The van der Waals surface area contributed by atoms with Crippen LogP contribution in [0.15, 0.2) is 0 Å². The summed E-state index contributed by atoms with van der Waals surface area (Å²) in [6.07, 6.45) is 2.97. The lowest BCUT2D eigenvalue weighted by atomic mass is 9.86. The van der Waals surface area contributed by atoms with Gasteiger partial charge >= 0.3 is 0 Å². The predicted molar refractivity (Wildman–Crippen MR) is 75.8 cm³/mol. The topological polar surface area (TPSA) is 24.5 Å². The van der Waals surface area contributed by atoms with Gasteiger partial charge in [0.15, 0.2) is 0 Å². The maximum atomic E-state index is 5.69. The van der Waals surface area contributed by atoms with Crippen molar-refractivity contribution in [3.8, 4) is 0 Å². The summed E-state index contributed by atoms with van der Waals surface area (Å²) in [5.41, 5.74) is 0.348. The van der Waals surface area contributed by atoms with Gasteiger partial charge in [-0.2, -0.15) is 0 Å². The van der Waals surface area contributed by atoms with Gasteiger partial charge in [-0.25, -0.2) is 0 Å². The first-order chi connectivity index (χ1) is 8.47. The average Bonchev–Trinajstić information content (AvgIpc) is 2.54. The highest BCUT2D eigenvalue weighted by atomic mass is 16.5. The average molecular weight is 254 g/mol. The van der Waals surface area contributed by atoms with Crippen molar-refractivity contribution in [2.24, 2.45) is 11.3 Å². The third-order valence-corrected chi connectivity index (χ3v) is 4.55. The van der Waals surface area contributed by atoms with E-state index in [1.807, 2.05) is 0 Å². The van der Waals surface area contributed by atoms with Crippen LogP contribution in [0.3, 0.4) is 0 Å². The third-order valence-electron chi connectivity index (χ3n) is 4.55. The molecule has 0 aromatic rings. The Morgan fingerprint density at radius 2 is 2.11 bits per heavy atom. The van der Waals surface area contributed by atoms with E-state index in [0.717, 1.165) is 19.1 Å². The molecule has 1 N–H and O–H groups in total. The fourth-order valence-corrected chi connectivity index (χ4v) is 3.09. The molecule has 0 aromatic carbocycles. The Hall–Kier alpha value is -0.120. The first kappa shape index (κ1) is 14.3. The van der Waals surface area contributed by atoms with E-state index in [2.05, 4.69) is 37.9 Å². The Balaban J connectivity index is 1.90. The van der Waals surface area contributed by atoms with Gasteiger partial charge in [-0.15, -0.1) is 0 Å². The Bertz CT molecular complexity index is 262. The maximum Gasteiger partial charge on any atom is 0.0588 e. The summed E-state index contributed by atoms with van der Waals surface area (Å²) < 4.78 is 5.69. The van der Waals surface area contributed by atoms with E-state index in [1.165, 1.54) is 32.5 Å². The summed E-state index contributed by atoms with van der Waals surface area (Å²) in [5.74, 6) is 0.740. The summed E-state index contributed by atoms with van der Waals surface area (Å²) in [6, 6.07) is 0.609. The molecule has 18 heavy (non-hydrogen) atoms. The first-order valence-corrected chi connectivity index (χ1v) is 7.54. The summed E-state index contributed by atoms with van der Waals surface area (Å²) in [4.78, 5) is 2.66. The van der Waals surface area contributed by atoms with Crippen LogP contribution < -0.4 is 5.32 Å². The van der Waals surface area contributed by atoms with Crippen molar-refractivity contribution in [2.45, 2.75) is 52.7 Å². The summed E-state index contributed by atoms with van der Waals surface area (Å²) in [5, 5.41) is 3.71. The van der Waals surface area contributed by atoms with Gasteiger partial charge in [-0.05, 0) is 44.2 Å². The minimum Gasteiger partial charge on any atom is -0.378 e. The smallest absolute Gasteiger partial charge is 0.0588 e. The zero-order valence-corrected chi connectivity index (χ0v) is 12.5. The number of hydrogen-bond acceptors (Lipinski definition) is 3. The minimum absolute atomic E-state index is 0.348. The molecule has 2 aliphatic rings. The number of nitrogens with one attached hydrogen (secondary N) is 1. The molecule has 3 unspecified atom stereocenters. The van der Waals surface area contributed by atoms with Crippen molar-refractivity contribution in [3.63, 3.8) is 0 Å². The van der Waals surface area contributed by atoms with Crippen molar-refractivity contribution in [2.75, 3.05) is 32.8 Å². The van der Waals surface area contributed by atoms with Crippen LogP contribution in [0.25, 0.3) is 0 Å². The van der Waals surface area contributed by atoms with E-state index in [9.17, 15) is 0 Å². The zero-order chi connectivity index (χ0) is 13.2. The molecule has 2 rings (SSSR count). The molecule has 3 atom stereocenters. The fraction of sp³-hybridized carbons (Fsp3) is 1.00. The van der Waals surface area contributed by atoms with E-state index in [0.29, 0.717) is 17.6 Å². The van der Waals surface area contributed by atoms with Crippen LogP contribution in [0.2, 0.25) is 0 Å². The molecule has 0 saturated carbocycles. The molecule has 2 fully saturated rings. The number of rotatable bonds is 2. The molecular formula is C15H30N2O. The van der Waals surface area contributed by atoms with Crippen molar-refractivity contribution in [1.82, 2.24) is 10.2 Å².